The van der Waals surface area contributed by atoms with Gasteiger partial charge in [-0.15, -0.1) is 0 Å². The molecule has 4 nitrogen and oxygen atoms in total. The van der Waals surface area contributed by atoms with E-state index < -0.39 is 11.6 Å². The van der Waals surface area contributed by atoms with Crippen molar-refractivity contribution < 1.29 is 18.3 Å². The second kappa shape index (κ2) is 8.16. The molecule has 6 heteroatoms. The van der Waals surface area contributed by atoms with Crippen LogP contribution in [0, 0.1) is 17.6 Å². The highest BCUT2D eigenvalue weighted by atomic mass is 19.1. The van der Waals surface area contributed by atoms with Crippen LogP contribution in [0.3, 0.4) is 0 Å². The van der Waals surface area contributed by atoms with E-state index in [1.54, 1.807) is 12.4 Å². The van der Waals surface area contributed by atoms with Crippen molar-refractivity contribution in [3.63, 3.8) is 0 Å². The summed E-state index contributed by atoms with van der Waals surface area (Å²) >= 11 is 0. The molecule has 0 saturated carbocycles. The number of hydrogen-bond donors (Lipinski definition) is 1. The second-order valence-electron chi connectivity index (χ2n) is 6.19. The number of hydrogen-bond acceptors (Lipinski definition) is 3. The fourth-order valence-corrected chi connectivity index (χ4v) is 3.14. The Hall–Kier alpha value is -2.34. The average molecular weight is 346 g/mol. The van der Waals surface area contributed by atoms with Crippen LogP contribution in [0.5, 0.6) is 0 Å². The van der Waals surface area contributed by atoms with E-state index >= 15 is 0 Å². The van der Waals surface area contributed by atoms with Crippen molar-refractivity contribution in [2.75, 3.05) is 13.2 Å². The first-order chi connectivity index (χ1) is 12.1. The number of carbonyl (C=O) groups is 1. The number of aromatic nitrogens is 1. The maximum Gasteiger partial charge on any atom is 0.225 e. The van der Waals surface area contributed by atoms with Crippen molar-refractivity contribution >= 4 is 5.91 Å². The first-order valence-corrected chi connectivity index (χ1v) is 8.34. The number of nitrogens with zero attached hydrogens (tertiary/aromatic N) is 1. The molecule has 1 aliphatic rings. The van der Waals surface area contributed by atoms with E-state index in [2.05, 4.69) is 10.3 Å². The molecular weight excluding hydrogens is 326 g/mol. The maximum atomic E-state index is 13.8. The average Bonchev–Trinajstić information content (AvgIpc) is 2.63. The quantitative estimate of drug-likeness (QED) is 0.905. The van der Waals surface area contributed by atoms with Crippen LogP contribution in [0.25, 0.3) is 0 Å². The lowest BCUT2D eigenvalue weighted by atomic mass is 9.87. The van der Waals surface area contributed by atoms with Gasteiger partial charge in [-0.1, -0.05) is 12.1 Å². The van der Waals surface area contributed by atoms with E-state index in [9.17, 15) is 13.6 Å². The largest absolute Gasteiger partial charge is 0.381 e. The van der Waals surface area contributed by atoms with E-state index in [-0.39, 0.29) is 29.9 Å². The minimum atomic E-state index is -0.709. The third-order valence-corrected chi connectivity index (χ3v) is 4.46. The Morgan fingerprint density at radius 1 is 1.28 bits per heavy atom. The summed E-state index contributed by atoms with van der Waals surface area (Å²) in [7, 11) is 0. The molecule has 1 aromatic heterocycles. The van der Waals surface area contributed by atoms with Gasteiger partial charge in [-0.3, -0.25) is 9.78 Å². The van der Waals surface area contributed by atoms with Crippen LogP contribution in [-0.2, 0) is 16.0 Å². The van der Waals surface area contributed by atoms with Crippen molar-refractivity contribution in [3.8, 4) is 0 Å². The van der Waals surface area contributed by atoms with Gasteiger partial charge in [-0.2, -0.15) is 0 Å². The molecule has 2 aromatic rings. The number of ether oxygens (including phenoxy) is 1. The third kappa shape index (κ3) is 4.60. The summed E-state index contributed by atoms with van der Waals surface area (Å²) in [6.45, 7) is 1.31. The normalized spacial score (nSPS) is 16.4. The summed E-state index contributed by atoms with van der Waals surface area (Å²) in [6, 6.07) is 6.80. The second-order valence-corrected chi connectivity index (χ2v) is 6.19. The SMILES string of the molecule is O=C(Cc1ccc(F)cc1F)N[C@H](c1cccnc1)C1CCOCC1. The van der Waals surface area contributed by atoms with E-state index in [1.807, 2.05) is 12.1 Å². The number of pyridine rings is 1. The zero-order valence-corrected chi connectivity index (χ0v) is 13.8. The number of amides is 1. The molecule has 1 N–H and O–H groups in total. The summed E-state index contributed by atoms with van der Waals surface area (Å²) < 4.78 is 32.2. The van der Waals surface area contributed by atoms with Crippen molar-refractivity contribution in [3.05, 3.63) is 65.5 Å². The van der Waals surface area contributed by atoms with Crippen molar-refractivity contribution in [1.82, 2.24) is 10.3 Å². The highest BCUT2D eigenvalue weighted by molar-refractivity contribution is 5.79. The molecule has 132 valence electrons. The summed E-state index contributed by atoms with van der Waals surface area (Å²) in [5.74, 6) is -1.43. The van der Waals surface area contributed by atoms with Gasteiger partial charge in [0.2, 0.25) is 5.91 Å². The number of nitrogens with one attached hydrogen (secondary N) is 1. The summed E-state index contributed by atoms with van der Waals surface area (Å²) in [6.07, 6.45) is 4.96. The smallest absolute Gasteiger partial charge is 0.225 e. The van der Waals surface area contributed by atoms with Crippen LogP contribution in [-0.4, -0.2) is 24.1 Å². The Morgan fingerprint density at radius 3 is 2.76 bits per heavy atom. The highest BCUT2D eigenvalue weighted by Crippen LogP contribution is 2.29. The molecule has 3 rings (SSSR count). The standard InChI is InChI=1S/C19H20F2N2O2/c20-16-4-3-14(17(21)11-16)10-18(24)23-19(13-5-8-25-9-6-13)15-2-1-7-22-12-15/h1-4,7,11-13,19H,5-6,8-10H2,(H,23,24)/t19-/m0/s1. The molecule has 0 bridgehead atoms. The molecule has 1 amide bonds. The summed E-state index contributed by atoms with van der Waals surface area (Å²) in [5.41, 5.74) is 1.10. The van der Waals surface area contributed by atoms with Gasteiger partial charge in [0.25, 0.3) is 0 Å². The van der Waals surface area contributed by atoms with Gasteiger partial charge in [0.05, 0.1) is 12.5 Å². The van der Waals surface area contributed by atoms with Crippen LogP contribution in [0.1, 0.15) is 30.0 Å². The van der Waals surface area contributed by atoms with Gasteiger partial charge in [0, 0.05) is 31.7 Å². The molecule has 1 atom stereocenters. The minimum Gasteiger partial charge on any atom is -0.381 e. The molecular formula is C19H20F2N2O2. The predicted octanol–water partition coefficient (Wildman–Crippen LogP) is 3.19. The summed E-state index contributed by atoms with van der Waals surface area (Å²) in [4.78, 5) is 16.6. The lowest BCUT2D eigenvalue weighted by molar-refractivity contribution is -0.122. The molecule has 1 aromatic carbocycles. The summed E-state index contributed by atoms with van der Waals surface area (Å²) in [5, 5.41) is 3.00. The van der Waals surface area contributed by atoms with Crippen LogP contribution in [0.15, 0.2) is 42.7 Å². The Morgan fingerprint density at radius 2 is 2.08 bits per heavy atom. The highest BCUT2D eigenvalue weighted by Gasteiger charge is 2.27. The topological polar surface area (TPSA) is 51.2 Å². The van der Waals surface area contributed by atoms with Gasteiger partial charge in [-0.25, -0.2) is 8.78 Å². The molecule has 0 unspecified atom stereocenters. The molecule has 1 fully saturated rings. The molecule has 0 aliphatic carbocycles. The van der Waals surface area contributed by atoms with E-state index in [0.717, 1.165) is 30.5 Å². The molecule has 25 heavy (non-hydrogen) atoms. The molecule has 0 spiro atoms. The number of halogens is 2. The Labute approximate surface area is 145 Å². The number of rotatable bonds is 5. The zero-order valence-electron chi connectivity index (χ0n) is 13.8. The first kappa shape index (κ1) is 17.5. The fraction of sp³-hybridized carbons (Fsp3) is 0.368. The van der Waals surface area contributed by atoms with E-state index in [1.165, 1.54) is 6.07 Å². The maximum absolute atomic E-state index is 13.8. The predicted molar refractivity (Wildman–Crippen MR) is 88.7 cm³/mol. The lowest BCUT2D eigenvalue weighted by Gasteiger charge is -2.31. The third-order valence-electron chi connectivity index (χ3n) is 4.46. The van der Waals surface area contributed by atoms with Crippen LogP contribution >= 0.6 is 0 Å². The minimum absolute atomic E-state index is 0.133. The number of carbonyl (C=O) groups excluding carboxylic acids is 1. The van der Waals surface area contributed by atoms with Gasteiger partial charge in [0.1, 0.15) is 11.6 Å². The zero-order chi connectivity index (χ0) is 17.6. The van der Waals surface area contributed by atoms with Crippen molar-refractivity contribution in [2.45, 2.75) is 25.3 Å². The molecule has 0 radical (unpaired) electrons. The van der Waals surface area contributed by atoms with Crippen LogP contribution in [0.4, 0.5) is 8.78 Å². The number of benzene rings is 1. The van der Waals surface area contributed by atoms with E-state index in [4.69, 9.17) is 4.74 Å². The van der Waals surface area contributed by atoms with Gasteiger partial charge in [0.15, 0.2) is 0 Å². The van der Waals surface area contributed by atoms with Crippen LogP contribution in [0.2, 0.25) is 0 Å². The van der Waals surface area contributed by atoms with Gasteiger partial charge >= 0.3 is 0 Å². The van der Waals surface area contributed by atoms with Gasteiger partial charge in [-0.05, 0) is 42.0 Å². The molecule has 1 saturated heterocycles. The van der Waals surface area contributed by atoms with Gasteiger partial charge < -0.3 is 10.1 Å². The molecule has 2 heterocycles. The first-order valence-electron chi connectivity index (χ1n) is 8.34. The van der Waals surface area contributed by atoms with Crippen molar-refractivity contribution in [2.24, 2.45) is 5.92 Å². The Balaban J connectivity index is 1.73. The fourth-order valence-electron chi connectivity index (χ4n) is 3.14. The monoisotopic (exact) mass is 346 g/mol. The van der Waals surface area contributed by atoms with Crippen molar-refractivity contribution in [1.29, 1.82) is 0 Å². The Kier molecular flexibility index (Phi) is 5.71. The molecule has 1 aliphatic heterocycles. The Bertz CT molecular complexity index is 719. The van der Waals surface area contributed by atoms with Crippen LogP contribution < -0.4 is 5.32 Å². The lowest BCUT2D eigenvalue weighted by Crippen LogP contribution is -2.37. The van der Waals surface area contributed by atoms with E-state index in [0.29, 0.717) is 13.2 Å².